The molecule has 1 aliphatic carbocycles. The highest BCUT2D eigenvalue weighted by molar-refractivity contribution is 5.48. The molecule has 1 aliphatic heterocycles. The van der Waals surface area contributed by atoms with Crippen molar-refractivity contribution < 1.29 is 4.74 Å². The van der Waals surface area contributed by atoms with E-state index in [1.807, 2.05) is 0 Å². The highest BCUT2D eigenvalue weighted by atomic mass is 16.5. The van der Waals surface area contributed by atoms with Gasteiger partial charge in [-0.25, -0.2) is 0 Å². The summed E-state index contributed by atoms with van der Waals surface area (Å²) in [4.78, 5) is 2.46. The lowest BCUT2D eigenvalue weighted by Crippen LogP contribution is -2.45. The fourth-order valence-corrected chi connectivity index (χ4v) is 4.25. The van der Waals surface area contributed by atoms with E-state index in [0.29, 0.717) is 12.2 Å². The molecular formula is C21H33NO. The third kappa shape index (κ3) is 4.73. The minimum atomic E-state index is 0.326. The Balaban J connectivity index is 1.51. The second-order valence-electron chi connectivity index (χ2n) is 7.99. The van der Waals surface area contributed by atoms with Crippen molar-refractivity contribution in [2.75, 3.05) is 18.0 Å². The third-order valence-electron chi connectivity index (χ3n) is 5.70. The molecule has 3 rings (SSSR count). The van der Waals surface area contributed by atoms with E-state index in [2.05, 4.69) is 49.9 Å². The Labute approximate surface area is 142 Å². The molecule has 128 valence electrons. The van der Waals surface area contributed by atoms with Gasteiger partial charge in [-0.15, -0.1) is 0 Å². The zero-order valence-corrected chi connectivity index (χ0v) is 15.1. The Morgan fingerprint density at radius 1 is 0.913 bits per heavy atom. The van der Waals surface area contributed by atoms with Crippen LogP contribution in [0.3, 0.4) is 0 Å². The smallest absolute Gasteiger partial charge is 0.0726 e. The lowest BCUT2D eigenvalue weighted by atomic mass is 9.80. The zero-order chi connectivity index (χ0) is 16.2. The van der Waals surface area contributed by atoms with Crippen LogP contribution in [0.1, 0.15) is 58.4 Å². The predicted molar refractivity (Wildman–Crippen MR) is 98.1 cm³/mol. The van der Waals surface area contributed by atoms with Gasteiger partial charge in [0.2, 0.25) is 0 Å². The molecule has 1 saturated heterocycles. The first-order valence-electron chi connectivity index (χ1n) is 9.59. The van der Waals surface area contributed by atoms with Crippen LogP contribution in [0.5, 0.6) is 0 Å². The average Bonchev–Trinajstić information content (AvgIpc) is 2.54. The van der Waals surface area contributed by atoms with Crippen LogP contribution in [0, 0.1) is 11.8 Å². The summed E-state index contributed by atoms with van der Waals surface area (Å²) in [7, 11) is 0. The molecule has 1 heterocycles. The molecule has 1 saturated carbocycles. The SMILES string of the molecule is CC1CCC(CCc2ccc(N3CC(C)OC(C)C3)cc2)CC1. The van der Waals surface area contributed by atoms with Crippen LogP contribution in [0.4, 0.5) is 5.69 Å². The van der Waals surface area contributed by atoms with E-state index < -0.39 is 0 Å². The van der Waals surface area contributed by atoms with Crippen LogP contribution >= 0.6 is 0 Å². The molecule has 2 heteroatoms. The van der Waals surface area contributed by atoms with Crippen molar-refractivity contribution in [2.45, 2.75) is 71.5 Å². The topological polar surface area (TPSA) is 12.5 Å². The normalized spacial score (nSPS) is 32.0. The number of ether oxygens (including phenoxy) is 1. The quantitative estimate of drug-likeness (QED) is 0.770. The van der Waals surface area contributed by atoms with Crippen molar-refractivity contribution in [1.29, 1.82) is 0 Å². The maximum absolute atomic E-state index is 5.83. The third-order valence-corrected chi connectivity index (χ3v) is 5.70. The molecular weight excluding hydrogens is 282 g/mol. The zero-order valence-electron chi connectivity index (χ0n) is 15.1. The summed E-state index contributed by atoms with van der Waals surface area (Å²) in [5.41, 5.74) is 2.85. The molecule has 2 nitrogen and oxygen atoms in total. The van der Waals surface area contributed by atoms with E-state index in [1.165, 1.54) is 49.8 Å². The van der Waals surface area contributed by atoms with Gasteiger partial charge in [0, 0.05) is 18.8 Å². The Morgan fingerprint density at radius 3 is 2.13 bits per heavy atom. The van der Waals surface area contributed by atoms with Gasteiger partial charge >= 0.3 is 0 Å². The molecule has 1 aromatic rings. The molecule has 1 aromatic carbocycles. The molecule has 2 aliphatic rings. The van der Waals surface area contributed by atoms with Gasteiger partial charge in [-0.3, -0.25) is 0 Å². The van der Waals surface area contributed by atoms with Gasteiger partial charge in [-0.1, -0.05) is 44.7 Å². The van der Waals surface area contributed by atoms with Gasteiger partial charge in [0.15, 0.2) is 0 Å². The maximum Gasteiger partial charge on any atom is 0.0726 e. The van der Waals surface area contributed by atoms with Crippen molar-refractivity contribution in [3.63, 3.8) is 0 Å². The number of anilines is 1. The standard InChI is InChI=1S/C21H33NO/c1-16-4-6-19(7-5-16)8-9-20-10-12-21(13-11-20)22-14-17(2)23-18(3)15-22/h10-13,16-19H,4-9,14-15H2,1-3H3. The van der Waals surface area contributed by atoms with E-state index in [0.717, 1.165) is 24.9 Å². The van der Waals surface area contributed by atoms with Crippen LogP contribution in [-0.4, -0.2) is 25.3 Å². The first-order chi connectivity index (χ1) is 11.1. The number of rotatable bonds is 4. The molecule has 23 heavy (non-hydrogen) atoms. The highest BCUT2D eigenvalue weighted by Gasteiger charge is 2.22. The Hall–Kier alpha value is -1.02. The van der Waals surface area contributed by atoms with Crippen LogP contribution in [-0.2, 0) is 11.2 Å². The summed E-state index contributed by atoms with van der Waals surface area (Å²) in [6, 6.07) is 9.29. The maximum atomic E-state index is 5.83. The number of morpholine rings is 1. The van der Waals surface area contributed by atoms with Crippen LogP contribution in [0.15, 0.2) is 24.3 Å². The summed E-state index contributed by atoms with van der Waals surface area (Å²) in [6.07, 6.45) is 9.05. The van der Waals surface area contributed by atoms with E-state index >= 15 is 0 Å². The number of benzene rings is 1. The van der Waals surface area contributed by atoms with Crippen LogP contribution < -0.4 is 4.90 Å². The lowest BCUT2D eigenvalue weighted by molar-refractivity contribution is -0.00521. The van der Waals surface area contributed by atoms with E-state index in [1.54, 1.807) is 0 Å². The molecule has 0 amide bonds. The van der Waals surface area contributed by atoms with Gasteiger partial charge in [0.25, 0.3) is 0 Å². The Morgan fingerprint density at radius 2 is 1.52 bits per heavy atom. The van der Waals surface area contributed by atoms with Crippen molar-refractivity contribution in [1.82, 2.24) is 0 Å². The first kappa shape index (κ1) is 16.8. The molecule has 0 N–H and O–H groups in total. The van der Waals surface area contributed by atoms with Gasteiger partial charge in [-0.2, -0.15) is 0 Å². The summed E-state index contributed by atoms with van der Waals surface area (Å²) < 4.78 is 5.83. The van der Waals surface area contributed by atoms with Crippen LogP contribution in [0.2, 0.25) is 0 Å². The second-order valence-corrected chi connectivity index (χ2v) is 7.99. The van der Waals surface area contributed by atoms with Crippen molar-refractivity contribution in [3.8, 4) is 0 Å². The molecule has 2 fully saturated rings. The largest absolute Gasteiger partial charge is 0.372 e. The monoisotopic (exact) mass is 315 g/mol. The first-order valence-corrected chi connectivity index (χ1v) is 9.59. The number of nitrogens with zero attached hydrogens (tertiary/aromatic N) is 1. The van der Waals surface area contributed by atoms with Gasteiger partial charge in [0.05, 0.1) is 12.2 Å². The second kappa shape index (κ2) is 7.70. The van der Waals surface area contributed by atoms with Gasteiger partial charge in [-0.05, 0) is 56.2 Å². The van der Waals surface area contributed by atoms with Crippen molar-refractivity contribution in [3.05, 3.63) is 29.8 Å². The van der Waals surface area contributed by atoms with E-state index in [-0.39, 0.29) is 0 Å². The summed E-state index contributed by atoms with van der Waals surface area (Å²) >= 11 is 0. The average molecular weight is 316 g/mol. The van der Waals surface area contributed by atoms with Crippen LogP contribution in [0.25, 0.3) is 0 Å². The number of hydrogen-bond acceptors (Lipinski definition) is 2. The fraction of sp³-hybridized carbons (Fsp3) is 0.714. The molecule has 0 bridgehead atoms. The molecule has 0 radical (unpaired) electrons. The minimum absolute atomic E-state index is 0.326. The highest BCUT2D eigenvalue weighted by Crippen LogP contribution is 2.31. The van der Waals surface area contributed by atoms with E-state index in [4.69, 9.17) is 4.74 Å². The summed E-state index contributed by atoms with van der Waals surface area (Å²) in [5.74, 6) is 1.93. The predicted octanol–water partition coefficient (Wildman–Crippen LogP) is 5.06. The molecule has 0 aromatic heterocycles. The Kier molecular flexibility index (Phi) is 5.63. The summed E-state index contributed by atoms with van der Waals surface area (Å²) in [6.45, 7) is 8.75. The van der Waals surface area contributed by atoms with Gasteiger partial charge < -0.3 is 9.64 Å². The minimum Gasteiger partial charge on any atom is -0.372 e. The number of aryl methyl sites for hydroxylation is 1. The molecule has 2 unspecified atom stereocenters. The van der Waals surface area contributed by atoms with Crippen molar-refractivity contribution in [2.24, 2.45) is 11.8 Å². The Bertz CT molecular complexity index is 465. The summed E-state index contributed by atoms with van der Waals surface area (Å²) in [5, 5.41) is 0. The molecule has 2 atom stereocenters. The van der Waals surface area contributed by atoms with E-state index in [9.17, 15) is 0 Å². The van der Waals surface area contributed by atoms with Gasteiger partial charge in [0.1, 0.15) is 0 Å². The lowest BCUT2D eigenvalue weighted by Gasteiger charge is -2.37. The number of hydrogen-bond donors (Lipinski definition) is 0. The van der Waals surface area contributed by atoms with Crippen molar-refractivity contribution >= 4 is 5.69 Å². The molecule has 0 spiro atoms. The fourth-order valence-electron chi connectivity index (χ4n) is 4.25.